The lowest BCUT2D eigenvalue weighted by atomic mass is 10.1. The van der Waals surface area contributed by atoms with Crippen molar-refractivity contribution in [2.75, 3.05) is 7.11 Å². The maximum Gasteiger partial charge on any atom is 0.147 e. The molecule has 0 saturated carbocycles. The van der Waals surface area contributed by atoms with Gasteiger partial charge in [-0.2, -0.15) is 0 Å². The molecular formula is C19H19N3O. The van der Waals surface area contributed by atoms with Crippen molar-refractivity contribution in [3.05, 3.63) is 77.9 Å². The first-order chi connectivity index (χ1) is 11.2. The highest BCUT2D eigenvalue weighted by atomic mass is 16.5. The molecule has 0 spiro atoms. The molecule has 0 bridgehead atoms. The van der Waals surface area contributed by atoms with E-state index in [9.17, 15) is 0 Å². The van der Waals surface area contributed by atoms with Gasteiger partial charge in [-0.1, -0.05) is 42.5 Å². The highest BCUT2D eigenvalue weighted by Gasteiger charge is 2.12. The molecule has 0 unspecified atom stereocenters. The molecule has 1 aromatic heterocycles. The van der Waals surface area contributed by atoms with E-state index in [1.54, 1.807) is 13.4 Å². The van der Waals surface area contributed by atoms with Gasteiger partial charge in [0.05, 0.1) is 19.1 Å². The number of imidazole rings is 1. The van der Waals surface area contributed by atoms with Crippen molar-refractivity contribution >= 4 is 11.4 Å². The largest absolute Gasteiger partial charge is 0.494 e. The average molecular weight is 305 g/mol. The van der Waals surface area contributed by atoms with Crippen molar-refractivity contribution in [2.24, 2.45) is 12.0 Å². The smallest absolute Gasteiger partial charge is 0.147 e. The van der Waals surface area contributed by atoms with E-state index in [1.165, 1.54) is 0 Å². The van der Waals surface area contributed by atoms with Crippen molar-refractivity contribution in [3.8, 4) is 5.75 Å². The summed E-state index contributed by atoms with van der Waals surface area (Å²) in [4.78, 5) is 9.32. The van der Waals surface area contributed by atoms with Crippen LogP contribution in [0.25, 0.3) is 0 Å². The van der Waals surface area contributed by atoms with Crippen LogP contribution in [0.15, 0.2) is 66.0 Å². The summed E-state index contributed by atoms with van der Waals surface area (Å²) in [7, 11) is 3.62. The van der Waals surface area contributed by atoms with Gasteiger partial charge in [-0.15, -0.1) is 0 Å². The van der Waals surface area contributed by atoms with Gasteiger partial charge in [-0.05, 0) is 18.6 Å². The van der Waals surface area contributed by atoms with Crippen LogP contribution in [0.2, 0.25) is 0 Å². The molecule has 4 heteroatoms. The first-order valence-corrected chi connectivity index (χ1v) is 7.45. The molecule has 1 heterocycles. The summed E-state index contributed by atoms with van der Waals surface area (Å²) in [6.45, 7) is 2.01. The van der Waals surface area contributed by atoms with Gasteiger partial charge < -0.3 is 9.30 Å². The molecule has 4 nitrogen and oxygen atoms in total. The van der Waals surface area contributed by atoms with Gasteiger partial charge in [0, 0.05) is 18.8 Å². The molecule has 0 saturated heterocycles. The number of benzene rings is 2. The van der Waals surface area contributed by atoms with E-state index in [4.69, 9.17) is 9.73 Å². The number of methoxy groups -OCH3 is 1. The van der Waals surface area contributed by atoms with Gasteiger partial charge in [-0.25, -0.2) is 9.98 Å². The van der Waals surface area contributed by atoms with Crippen molar-refractivity contribution in [2.45, 2.75) is 6.92 Å². The summed E-state index contributed by atoms with van der Waals surface area (Å²) in [5, 5.41) is 0. The lowest BCUT2D eigenvalue weighted by molar-refractivity contribution is 0.413. The molecule has 3 aromatic rings. The Balaban J connectivity index is 2.18. The number of nitrogens with zero attached hydrogens (tertiary/aromatic N) is 3. The second-order valence-corrected chi connectivity index (χ2v) is 5.38. The highest BCUT2D eigenvalue weighted by Crippen LogP contribution is 2.31. The number of hydrogen-bond donors (Lipinski definition) is 0. The highest BCUT2D eigenvalue weighted by molar-refractivity contribution is 6.12. The van der Waals surface area contributed by atoms with Crippen LogP contribution >= 0.6 is 0 Å². The minimum Gasteiger partial charge on any atom is -0.494 e. The molecule has 23 heavy (non-hydrogen) atoms. The zero-order valence-electron chi connectivity index (χ0n) is 13.5. The van der Waals surface area contributed by atoms with Gasteiger partial charge in [-0.3, -0.25) is 0 Å². The zero-order valence-corrected chi connectivity index (χ0v) is 13.5. The molecule has 116 valence electrons. The zero-order chi connectivity index (χ0) is 16.2. The molecule has 0 radical (unpaired) electrons. The third-order valence-electron chi connectivity index (χ3n) is 3.62. The second kappa shape index (κ2) is 6.48. The second-order valence-electron chi connectivity index (χ2n) is 5.38. The molecule has 0 amide bonds. The summed E-state index contributed by atoms with van der Waals surface area (Å²) < 4.78 is 7.44. The summed E-state index contributed by atoms with van der Waals surface area (Å²) in [6, 6.07) is 16.0. The van der Waals surface area contributed by atoms with E-state index < -0.39 is 0 Å². The molecule has 0 N–H and O–H groups in total. The van der Waals surface area contributed by atoms with Crippen LogP contribution in [0.4, 0.5) is 5.69 Å². The minimum atomic E-state index is 0.789. The molecule has 0 fully saturated rings. The summed E-state index contributed by atoms with van der Waals surface area (Å²) >= 11 is 0. The van der Waals surface area contributed by atoms with E-state index in [0.29, 0.717) is 0 Å². The predicted molar refractivity (Wildman–Crippen MR) is 92.7 cm³/mol. The molecule has 0 atom stereocenters. The molecular weight excluding hydrogens is 286 g/mol. The maximum absolute atomic E-state index is 5.52. The number of para-hydroxylation sites is 1. The Hall–Kier alpha value is -2.88. The monoisotopic (exact) mass is 305 g/mol. The van der Waals surface area contributed by atoms with E-state index in [-0.39, 0.29) is 0 Å². The first-order valence-electron chi connectivity index (χ1n) is 7.45. The standard InChI is InChI=1S/C19H19N3O/c1-14-8-7-11-16(19(14)23-3)21-18(15-9-5-4-6-10-15)17-12-22(2)13-20-17/h4-13H,1-3H3. The fourth-order valence-electron chi connectivity index (χ4n) is 2.51. The quantitative estimate of drug-likeness (QED) is 0.686. The Morgan fingerprint density at radius 3 is 2.52 bits per heavy atom. The lowest BCUT2D eigenvalue weighted by Gasteiger charge is -2.10. The van der Waals surface area contributed by atoms with Crippen molar-refractivity contribution in [3.63, 3.8) is 0 Å². The first kappa shape index (κ1) is 15.0. The molecule has 2 aromatic carbocycles. The van der Waals surface area contributed by atoms with Gasteiger partial charge in [0.1, 0.15) is 17.1 Å². The van der Waals surface area contributed by atoms with Crippen molar-refractivity contribution in [1.29, 1.82) is 0 Å². The van der Waals surface area contributed by atoms with Crippen LogP contribution in [-0.2, 0) is 7.05 Å². The average Bonchev–Trinajstić information content (AvgIpc) is 2.99. The Bertz CT molecular complexity index is 835. The van der Waals surface area contributed by atoms with Crippen LogP contribution in [0.5, 0.6) is 5.75 Å². The van der Waals surface area contributed by atoms with Crippen LogP contribution in [0.1, 0.15) is 16.8 Å². The number of hydrogen-bond acceptors (Lipinski definition) is 3. The van der Waals surface area contributed by atoms with Crippen LogP contribution in [0.3, 0.4) is 0 Å². The summed E-state index contributed by atoms with van der Waals surface area (Å²) in [5.41, 5.74) is 4.55. The van der Waals surface area contributed by atoms with E-state index in [1.807, 2.05) is 73.3 Å². The molecule has 0 aliphatic carbocycles. The van der Waals surface area contributed by atoms with Crippen LogP contribution < -0.4 is 4.74 Å². The Kier molecular flexibility index (Phi) is 4.24. The van der Waals surface area contributed by atoms with Gasteiger partial charge in [0.2, 0.25) is 0 Å². The van der Waals surface area contributed by atoms with E-state index in [0.717, 1.165) is 34.0 Å². The molecule has 3 rings (SSSR count). The number of aliphatic imine (C=N–C) groups is 1. The number of rotatable bonds is 4. The van der Waals surface area contributed by atoms with Crippen molar-refractivity contribution < 1.29 is 4.74 Å². The number of aromatic nitrogens is 2. The van der Waals surface area contributed by atoms with Crippen LogP contribution in [-0.4, -0.2) is 22.4 Å². The van der Waals surface area contributed by atoms with Gasteiger partial charge in [0.25, 0.3) is 0 Å². The number of ether oxygens (including phenoxy) is 1. The van der Waals surface area contributed by atoms with Crippen LogP contribution in [0, 0.1) is 6.92 Å². The van der Waals surface area contributed by atoms with E-state index in [2.05, 4.69) is 4.98 Å². The summed E-state index contributed by atoms with van der Waals surface area (Å²) in [5.74, 6) is 0.789. The Morgan fingerprint density at radius 1 is 1.09 bits per heavy atom. The van der Waals surface area contributed by atoms with Gasteiger partial charge >= 0.3 is 0 Å². The minimum absolute atomic E-state index is 0.789. The summed E-state index contributed by atoms with van der Waals surface area (Å²) in [6.07, 6.45) is 3.75. The molecule has 0 aliphatic rings. The lowest BCUT2D eigenvalue weighted by Crippen LogP contribution is -2.04. The normalized spacial score (nSPS) is 11.5. The maximum atomic E-state index is 5.52. The fourth-order valence-corrected chi connectivity index (χ4v) is 2.51. The number of aryl methyl sites for hydroxylation is 2. The SMILES string of the molecule is COc1c(C)cccc1N=C(c1ccccc1)c1cn(C)cn1. The predicted octanol–water partition coefficient (Wildman–Crippen LogP) is 3.91. The topological polar surface area (TPSA) is 39.4 Å². The fraction of sp³-hybridized carbons (Fsp3) is 0.158. The Labute approximate surface area is 136 Å². The van der Waals surface area contributed by atoms with Gasteiger partial charge in [0.15, 0.2) is 0 Å². The third-order valence-corrected chi connectivity index (χ3v) is 3.62. The van der Waals surface area contributed by atoms with Crippen molar-refractivity contribution in [1.82, 2.24) is 9.55 Å². The van der Waals surface area contributed by atoms with E-state index >= 15 is 0 Å². The third kappa shape index (κ3) is 3.16. The molecule has 0 aliphatic heterocycles. The Morgan fingerprint density at radius 2 is 1.87 bits per heavy atom.